The number of piperidine rings is 1. The molecule has 0 aliphatic carbocycles. The molecule has 0 saturated carbocycles. The van der Waals surface area contributed by atoms with Gasteiger partial charge in [0.05, 0.1) is 20.9 Å². The van der Waals surface area contributed by atoms with Crippen LogP contribution in [0.4, 0.5) is 5.69 Å². The molecule has 0 aromatic heterocycles. The number of fused-ring (bicyclic) bond motifs is 1. The number of nitrogens with zero attached hydrogens (tertiary/aromatic N) is 3. The van der Waals surface area contributed by atoms with Crippen LogP contribution in [-0.4, -0.2) is 67.7 Å². The van der Waals surface area contributed by atoms with Gasteiger partial charge in [-0.1, -0.05) is 48.5 Å². The second-order valence-corrected chi connectivity index (χ2v) is 9.26. The first-order valence-corrected chi connectivity index (χ1v) is 12.0. The maximum absolute atomic E-state index is 13.7. The van der Waals surface area contributed by atoms with Gasteiger partial charge < -0.3 is 19.3 Å². The molecule has 2 saturated heterocycles. The summed E-state index contributed by atoms with van der Waals surface area (Å²) in [6.45, 7) is 2.65. The van der Waals surface area contributed by atoms with E-state index in [0.717, 1.165) is 31.1 Å². The Bertz CT molecular complexity index is 1220. The lowest BCUT2D eigenvalue weighted by Gasteiger charge is -2.43. The predicted octanol–water partition coefficient (Wildman–Crippen LogP) is 3.66. The Morgan fingerprint density at radius 2 is 1.66 bits per heavy atom. The third-order valence-electron chi connectivity index (χ3n) is 7.41. The van der Waals surface area contributed by atoms with Gasteiger partial charge >= 0.3 is 5.97 Å². The van der Waals surface area contributed by atoms with E-state index in [1.54, 1.807) is 12.0 Å². The van der Waals surface area contributed by atoms with Crippen LogP contribution in [0.3, 0.4) is 0 Å². The number of likely N-dealkylation sites (tertiary alicyclic amines) is 1. The lowest BCUT2D eigenvalue weighted by molar-refractivity contribution is -0.146. The minimum Gasteiger partial charge on any atom is -0.496 e. The number of ether oxygens (including phenoxy) is 2. The van der Waals surface area contributed by atoms with Crippen LogP contribution in [0.25, 0.3) is 10.8 Å². The molecule has 1 amide bonds. The SMILES string of the molecule is COC(=O)CN1CN(c2ccccc2)C2(CCN(Cc3c(OC)ccc4ccccc34)CC2)C1=O. The molecule has 0 unspecified atom stereocenters. The molecule has 3 aromatic carbocycles. The average Bonchev–Trinajstić information content (AvgIpc) is 3.16. The van der Waals surface area contributed by atoms with Gasteiger partial charge in [0, 0.05) is 30.9 Å². The van der Waals surface area contributed by atoms with Gasteiger partial charge in [-0.25, -0.2) is 0 Å². The Morgan fingerprint density at radius 3 is 2.37 bits per heavy atom. The fourth-order valence-corrected chi connectivity index (χ4v) is 5.52. The van der Waals surface area contributed by atoms with Gasteiger partial charge in [0.15, 0.2) is 0 Å². The van der Waals surface area contributed by atoms with Crippen molar-refractivity contribution in [2.24, 2.45) is 0 Å². The maximum atomic E-state index is 13.7. The van der Waals surface area contributed by atoms with Crippen LogP contribution >= 0.6 is 0 Å². The first kappa shape index (κ1) is 23.2. The highest BCUT2D eigenvalue weighted by Gasteiger charge is 2.54. The van der Waals surface area contributed by atoms with Crippen molar-refractivity contribution in [3.05, 3.63) is 72.3 Å². The molecule has 5 rings (SSSR count). The average molecular weight is 474 g/mol. The van der Waals surface area contributed by atoms with Crippen LogP contribution in [0.15, 0.2) is 66.7 Å². The van der Waals surface area contributed by atoms with Gasteiger partial charge in [-0.15, -0.1) is 0 Å². The highest BCUT2D eigenvalue weighted by molar-refractivity contribution is 5.95. The Hall–Kier alpha value is -3.58. The van der Waals surface area contributed by atoms with Gasteiger partial charge in [-0.3, -0.25) is 14.5 Å². The van der Waals surface area contributed by atoms with Crippen LogP contribution in [0.2, 0.25) is 0 Å². The van der Waals surface area contributed by atoms with E-state index in [1.807, 2.05) is 42.5 Å². The highest BCUT2D eigenvalue weighted by atomic mass is 16.5. The molecule has 1 spiro atoms. The first-order valence-electron chi connectivity index (χ1n) is 12.0. The predicted molar refractivity (Wildman–Crippen MR) is 135 cm³/mol. The maximum Gasteiger partial charge on any atom is 0.325 e. The summed E-state index contributed by atoms with van der Waals surface area (Å²) in [5, 5.41) is 2.38. The Kier molecular flexibility index (Phi) is 6.34. The molecule has 0 radical (unpaired) electrons. The van der Waals surface area contributed by atoms with Crippen molar-refractivity contribution in [3.63, 3.8) is 0 Å². The molecule has 2 aliphatic heterocycles. The quantitative estimate of drug-likeness (QED) is 0.509. The molecule has 2 fully saturated rings. The van der Waals surface area contributed by atoms with Crippen LogP contribution in [0, 0.1) is 0 Å². The number of rotatable bonds is 6. The monoisotopic (exact) mass is 473 g/mol. The number of carbonyl (C=O) groups excluding carboxylic acids is 2. The van der Waals surface area contributed by atoms with Crippen molar-refractivity contribution in [3.8, 4) is 5.75 Å². The van der Waals surface area contributed by atoms with Crippen molar-refractivity contribution in [1.29, 1.82) is 0 Å². The van der Waals surface area contributed by atoms with Crippen LogP contribution in [-0.2, 0) is 20.9 Å². The van der Waals surface area contributed by atoms with Gasteiger partial charge in [-0.2, -0.15) is 0 Å². The Labute approximate surface area is 205 Å². The molecule has 3 aromatic rings. The summed E-state index contributed by atoms with van der Waals surface area (Å²) in [6, 6.07) is 22.5. The number of benzene rings is 3. The number of amides is 1. The van der Waals surface area contributed by atoms with E-state index in [1.165, 1.54) is 23.4 Å². The zero-order valence-electron chi connectivity index (χ0n) is 20.3. The minimum atomic E-state index is -0.658. The molecule has 0 bridgehead atoms. The van der Waals surface area contributed by atoms with E-state index in [0.29, 0.717) is 19.5 Å². The summed E-state index contributed by atoms with van der Waals surface area (Å²) in [5.74, 6) is 0.495. The van der Waals surface area contributed by atoms with Crippen LogP contribution in [0.5, 0.6) is 5.75 Å². The lowest BCUT2D eigenvalue weighted by atomic mass is 9.85. The Balaban J connectivity index is 1.39. The molecule has 0 atom stereocenters. The summed E-state index contributed by atoms with van der Waals surface area (Å²) < 4.78 is 10.5. The summed E-state index contributed by atoms with van der Waals surface area (Å²) in [4.78, 5) is 31.9. The van der Waals surface area contributed by atoms with Gasteiger partial charge in [-0.05, 0) is 41.8 Å². The third kappa shape index (κ3) is 4.21. The molecule has 7 heteroatoms. The Morgan fingerprint density at radius 1 is 0.943 bits per heavy atom. The molecule has 2 aliphatic rings. The normalized spacial score (nSPS) is 17.8. The van der Waals surface area contributed by atoms with Gasteiger partial charge in [0.1, 0.15) is 17.8 Å². The smallest absolute Gasteiger partial charge is 0.325 e. The molecule has 2 heterocycles. The summed E-state index contributed by atoms with van der Waals surface area (Å²) in [7, 11) is 3.07. The van der Waals surface area contributed by atoms with E-state index in [2.05, 4.69) is 34.1 Å². The molecule has 182 valence electrons. The minimum absolute atomic E-state index is 0.00847. The number of methoxy groups -OCH3 is 2. The zero-order valence-corrected chi connectivity index (χ0v) is 20.3. The van der Waals surface area contributed by atoms with E-state index in [4.69, 9.17) is 9.47 Å². The number of anilines is 1. The van der Waals surface area contributed by atoms with Gasteiger partial charge in [0.2, 0.25) is 0 Å². The summed E-state index contributed by atoms with van der Waals surface area (Å²) >= 11 is 0. The largest absolute Gasteiger partial charge is 0.496 e. The van der Waals surface area contributed by atoms with Crippen molar-refractivity contribution >= 4 is 28.3 Å². The third-order valence-corrected chi connectivity index (χ3v) is 7.41. The molecular weight excluding hydrogens is 442 g/mol. The van der Waals surface area contributed by atoms with Crippen molar-refractivity contribution in [1.82, 2.24) is 9.80 Å². The number of para-hydroxylation sites is 1. The summed E-state index contributed by atoms with van der Waals surface area (Å²) in [6.07, 6.45) is 1.37. The van der Waals surface area contributed by atoms with Gasteiger partial charge in [0.25, 0.3) is 5.91 Å². The highest BCUT2D eigenvalue weighted by Crippen LogP contribution is 2.40. The van der Waals surface area contributed by atoms with E-state index < -0.39 is 11.5 Å². The van der Waals surface area contributed by atoms with Crippen molar-refractivity contribution < 1.29 is 19.1 Å². The molecular formula is C28H31N3O4. The van der Waals surface area contributed by atoms with Crippen LogP contribution in [0.1, 0.15) is 18.4 Å². The first-order chi connectivity index (χ1) is 17.1. The standard InChI is InChI=1S/C28H31N3O4/c1-34-25-13-12-21-8-6-7-11-23(21)24(25)18-29-16-14-28(15-17-29)27(33)30(19-26(32)35-2)20-31(28)22-9-4-3-5-10-22/h3-13H,14-20H2,1-2H3. The number of hydrogen-bond donors (Lipinski definition) is 0. The second-order valence-electron chi connectivity index (χ2n) is 9.26. The lowest BCUT2D eigenvalue weighted by Crippen LogP contribution is -2.56. The molecule has 7 nitrogen and oxygen atoms in total. The topological polar surface area (TPSA) is 62.3 Å². The second kappa shape index (κ2) is 9.58. The van der Waals surface area contributed by atoms with Crippen molar-refractivity contribution in [2.45, 2.75) is 24.9 Å². The number of carbonyl (C=O) groups is 2. The van der Waals surface area contributed by atoms with E-state index in [-0.39, 0.29) is 12.5 Å². The van der Waals surface area contributed by atoms with Crippen LogP contribution < -0.4 is 9.64 Å². The fourth-order valence-electron chi connectivity index (χ4n) is 5.52. The fraction of sp³-hybridized carbons (Fsp3) is 0.357. The summed E-state index contributed by atoms with van der Waals surface area (Å²) in [5.41, 5.74) is 1.51. The molecule has 35 heavy (non-hydrogen) atoms. The zero-order chi connectivity index (χ0) is 24.4. The van der Waals surface area contributed by atoms with E-state index >= 15 is 0 Å². The number of hydrogen-bond acceptors (Lipinski definition) is 6. The van der Waals surface area contributed by atoms with E-state index in [9.17, 15) is 9.59 Å². The van der Waals surface area contributed by atoms with Crippen molar-refractivity contribution in [2.75, 3.05) is 45.4 Å². The molecule has 0 N–H and O–H groups in total. The number of esters is 1.